The van der Waals surface area contributed by atoms with Gasteiger partial charge in [-0.3, -0.25) is 9.59 Å². The zero-order valence-electron chi connectivity index (χ0n) is 16.3. The minimum atomic E-state index is -0.688. The molecule has 6 heteroatoms. The Hall–Kier alpha value is -2.86. The number of carbonyl (C=O) groups is 2. The molecule has 3 rings (SSSR count). The molecular formula is C22H25NO5. The van der Waals surface area contributed by atoms with Gasteiger partial charge in [-0.25, -0.2) is 0 Å². The van der Waals surface area contributed by atoms with Gasteiger partial charge in [-0.15, -0.1) is 0 Å². The van der Waals surface area contributed by atoms with Gasteiger partial charge in [0.2, 0.25) is 5.78 Å². The number of benzene rings is 1. The lowest BCUT2D eigenvalue weighted by atomic mass is 9.94. The molecule has 1 amide bonds. The van der Waals surface area contributed by atoms with Crippen LogP contribution < -0.4 is 0 Å². The lowest BCUT2D eigenvalue weighted by molar-refractivity contribution is -0.130. The molecule has 1 aromatic carbocycles. The average Bonchev–Trinajstić information content (AvgIpc) is 3.30. The minimum absolute atomic E-state index is 0.0192. The first kappa shape index (κ1) is 19.9. The fourth-order valence-corrected chi connectivity index (χ4v) is 3.33. The van der Waals surface area contributed by atoms with Crippen LogP contribution in [-0.4, -0.2) is 41.0 Å². The van der Waals surface area contributed by atoms with Crippen LogP contribution in [0.2, 0.25) is 0 Å². The quantitative estimate of drug-likeness (QED) is 0.701. The Morgan fingerprint density at radius 3 is 2.54 bits per heavy atom. The van der Waals surface area contributed by atoms with Crippen LogP contribution in [0.25, 0.3) is 0 Å². The summed E-state index contributed by atoms with van der Waals surface area (Å²) < 4.78 is 10.8. The van der Waals surface area contributed by atoms with Crippen LogP contribution in [0.15, 0.2) is 58.4 Å². The lowest BCUT2D eigenvalue weighted by Gasteiger charge is -2.27. The van der Waals surface area contributed by atoms with E-state index in [4.69, 9.17) is 9.15 Å². The van der Waals surface area contributed by atoms with Gasteiger partial charge in [0.25, 0.3) is 5.91 Å². The third-order valence-corrected chi connectivity index (χ3v) is 4.78. The van der Waals surface area contributed by atoms with E-state index < -0.39 is 23.5 Å². The number of hydrogen-bond donors (Lipinski definition) is 1. The number of aliphatic hydroxyl groups is 1. The van der Waals surface area contributed by atoms with E-state index in [1.165, 1.54) is 17.2 Å². The Balaban J connectivity index is 1.99. The highest BCUT2D eigenvalue weighted by atomic mass is 16.5. The van der Waals surface area contributed by atoms with Crippen molar-refractivity contribution in [3.63, 3.8) is 0 Å². The van der Waals surface area contributed by atoms with Crippen molar-refractivity contribution < 1.29 is 23.8 Å². The van der Waals surface area contributed by atoms with Crippen LogP contribution in [0, 0.1) is 0 Å². The van der Waals surface area contributed by atoms with Crippen LogP contribution in [-0.2, 0) is 16.0 Å². The van der Waals surface area contributed by atoms with E-state index in [1.807, 2.05) is 38.1 Å². The predicted octanol–water partition coefficient (Wildman–Crippen LogP) is 3.85. The largest absolute Gasteiger partial charge is 0.503 e. The zero-order valence-corrected chi connectivity index (χ0v) is 16.3. The maximum absolute atomic E-state index is 13.0. The highest BCUT2D eigenvalue weighted by molar-refractivity contribution is 6.15. The number of aliphatic hydroxyl groups excluding tert-OH is 1. The molecule has 2 heterocycles. The summed E-state index contributed by atoms with van der Waals surface area (Å²) >= 11 is 0. The number of aryl methyl sites for hydroxylation is 1. The maximum atomic E-state index is 13.0. The summed E-state index contributed by atoms with van der Waals surface area (Å²) in [6.07, 6.45) is 2.29. The number of Topliss-reactive ketones (excluding diaryl/α,β-unsaturated/α-hetero) is 1. The van der Waals surface area contributed by atoms with Crippen molar-refractivity contribution in [3.8, 4) is 0 Å². The summed E-state index contributed by atoms with van der Waals surface area (Å²) in [5, 5.41) is 10.5. The molecule has 1 aliphatic rings. The Bertz CT molecular complexity index is 865. The summed E-state index contributed by atoms with van der Waals surface area (Å²) in [7, 11) is 0. The van der Waals surface area contributed by atoms with Crippen LogP contribution in [0.4, 0.5) is 0 Å². The van der Waals surface area contributed by atoms with E-state index in [9.17, 15) is 14.7 Å². The second kappa shape index (κ2) is 8.44. The van der Waals surface area contributed by atoms with Crippen molar-refractivity contribution in [2.75, 3.05) is 13.2 Å². The molecule has 0 saturated carbocycles. The number of hydrogen-bond acceptors (Lipinski definition) is 5. The number of nitrogens with zero attached hydrogens (tertiary/aromatic N) is 1. The number of amides is 1. The first-order valence-corrected chi connectivity index (χ1v) is 9.46. The monoisotopic (exact) mass is 383 g/mol. The molecule has 6 nitrogen and oxygen atoms in total. The molecule has 0 aliphatic carbocycles. The number of carbonyl (C=O) groups excluding carboxylic acids is 2. The van der Waals surface area contributed by atoms with Crippen molar-refractivity contribution in [1.29, 1.82) is 0 Å². The second-order valence-corrected chi connectivity index (χ2v) is 6.98. The summed E-state index contributed by atoms with van der Waals surface area (Å²) in [5.41, 5.74) is 1.94. The standard InChI is InChI=1S/C22H25NO5/c1-4-15-7-9-16(10-8-15)19-18(20(24)17-6-5-12-28-17)21(25)22(26)23(19)11-13-27-14(2)3/h5-10,12,14,19,25H,4,11,13H2,1-3H3. The van der Waals surface area contributed by atoms with Crippen LogP contribution >= 0.6 is 0 Å². The molecular weight excluding hydrogens is 358 g/mol. The van der Waals surface area contributed by atoms with Gasteiger partial charge in [0.1, 0.15) is 0 Å². The molecule has 0 bridgehead atoms. The van der Waals surface area contributed by atoms with Gasteiger partial charge >= 0.3 is 0 Å². The molecule has 1 atom stereocenters. The zero-order chi connectivity index (χ0) is 20.3. The summed E-state index contributed by atoms with van der Waals surface area (Å²) in [4.78, 5) is 27.2. The molecule has 148 valence electrons. The van der Waals surface area contributed by atoms with Crippen molar-refractivity contribution in [2.24, 2.45) is 0 Å². The van der Waals surface area contributed by atoms with Gasteiger partial charge in [-0.1, -0.05) is 31.2 Å². The molecule has 2 aromatic rings. The van der Waals surface area contributed by atoms with Gasteiger partial charge in [-0.05, 0) is 43.5 Å². The lowest BCUT2D eigenvalue weighted by Crippen LogP contribution is -2.34. The van der Waals surface area contributed by atoms with Crippen LogP contribution in [0.3, 0.4) is 0 Å². The Morgan fingerprint density at radius 2 is 1.96 bits per heavy atom. The van der Waals surface area contributed by atoms with Gasteiger partial charge < -0.3 is 19.2 Å². The smallest absolute Gasteiger partial charge is 0.290 e. The number of rotatable bonds is 8. The topological polar surface area (TPSA) is 80.0 Å². The maximum Gasteiger partial charge on any atom is 0.290 e. The van der Waals surface area contributed by atoms with Crippen molar-refractivity contribution in [2.45, 2.75) is 39.3 Å². The van der Waals surface area contributed by atoms with E-state index in [0.717, 1.165) is 17.5 Å². The van der Waals surface area contributed by atoms with E-state index in [2.05, 4.69) is 6.92 Å². The fraction of sp³-hybridized carbons (Fsp3) is 0.364. The van der Waals surface area contributed by atoms with E-state index in [0.29, 0.717) is 6.61 Å². The van der Waals surface area contributed by atoms with Gasteiger partial charge in [0, 0.05) is 6.54 Å². The molecule has 1 aromatic heterocycles. The summed E-state index contributed by atoms with van der Waals surface area (Å²) in [6.45, 7) is 6.45. The molecule has 1 unspecified atom stereocenters. The summed E-state index contributed by atoms with van der Waals surface area (Å²) in [6, 6.07) is 10.1. The molecule has 0 saturated heterocycles. The van der Waals surface area contributed by atoms with Crippen molar-refractivity contribution in [1.82, 2.24) is 4.90 Å². The minimum Gasteiger partial charge on any atom is -0.503 e. The van der Waals surface area contributed by atoms with Gasteiger partial charge in [-0.2, -0.15) is 0 Å². The average molecular weight is 383 g/mol. The van der Waals surface area contributed by atoms with E-state index >= 15 is 0 Å². The number of ketones is 1. The first-order valence-electron chi connectivity index (χ1n) is 9.46. The van der Waals surface area contributed by atoms with Crippen LogP contribution in [0.1, 0.15) is 48.5 Å². The highest BCUT2D eigenvalue weighted by Crippen LogP contribution is 2.39. The Morgan fingerprint density at radius 1 is 1.25 bits per heavy atom. The number of ether oxygens (including phenoxy) is 1. The Kier molecular flexibility index (Phi) is 5.99. The molecule has 1 aliphatic heterocycles. The van der Waals surface area contributed by atoms with Gasteiger partial charge in [0.05, 0.1) is 30.6 Å². The predicted molar refractivity (Wildman–Crippen MR) is 104 cm³/mol. The highest BCUT2D eigenvalue weighted by Gasteiger charge is 2.44. The van der Waals surface area contributed by atoms with Crippen LogP contribution in [0.5, 0.6) is 0 Å². The molecule has 28 heavy (non-hydrogen) atoms. The molecule has 1 N–H and O–H groups in total. The first-order chi connectivity index (χ1) is 13.4. The third-order valence-electron chi connectivity index (χ3n) is 4.78. The SMILES string of the molecule is CCc1ccc(C2C(C(=O)c3ccco3)=C(O)C(=O)N2CCOC(C)C)cc1. The molecule has 0 radical (unpaired) electrons. The van der Waals surface area contributed by atoms with E-state index in [-0.39, 0.29) is 24.0 Å². The molecule has 0 fully saturated rings. The van der Waals surface area contributed by atoms with Crippen molar-refractivity contribution >= 4 is 11.7 Å². The van der Waals surface area contributed by atoms with Crippen molar-refractivity contribution in [3.05, 3.63) is 70.9 Å². The third kappa shape index (κ3) is 3.87. The fourth-order valence-electron chi connectivity index (χ4n) is 3.33. The normalized spacial score (nSPS) is 17.1. The van der Waals surface area contributed by atoms with E-state index in [1.54, 1.807) is 6.07 Å². The number of furan rings is 1. The summed E-state index contributed by atoms with van der Waals surface area (Å²) in [5.74, 6) is -1.51. The second-order valence-electron chi connectivity index (χ2n) is 6.98. The Labute approximate surface area is 164 Å². The molecule has 0 spiro atoms. The van der Waals surface area contributed by atoms with Gasteiger partial charge in [0.15, 0.2) is 11.5 Å².